The molecule has 3 N–H and O–H groups in total. The maximum absolute atomic E-state index is 14.2. The molecule has 3 amide bonds. The largest absolute Gasteiger partial charge is 0.484 e. The number of β-amino-alcohol motifs (C(OH)–C–C–N with tert-alkyl or cyclic N) is 1. The van der Waals surface area contributed by atoms with Crippen LogP contribution in [0.2, 0.25) is 0 Å². The number of thiophene rings is 1. The van der Waals surface area contributed by atoms with Crippen molar-refractivity contribution in [2.24, 2.45) is 10.4 Å². The quantitative estimate of drug-likeness (QED) is 0.147. The van der Waals surface area contributed by atoms with Crippen LogP contribution in [0.25, 0.3) is 15.4 Å². The summed E-state index contributed by atoms with van der Waals surface area (Å²) in [7, 11) is 0. The van der Waals surface area contributed by atoms with Gasteiger partial charge in [-0.25, -0.2) is 4.98 Å². The van der Waals surface area contributed by atoms with Gasteiger partial charge in [0.15, 0.2) is 12.4 Å². The lowest BCUT2D eigenvalue weighted by Gasteiger charge is -2.35. The summed E-state index contributed by atoms with van der Waals surface area (Å²) in [6.07, 6.45) is -0.786. The van der Waals surface area contributed by atoms with E-state index in [1.165, 1.54) is 9.78 Å². The highest BCUT2D eigenvalue weighted by Gasteiger charge is 2.45. The van der Waals surface area contributed by atoms with Crippen molar-refractivity contribution < 1.29 is 24.2 Å². The molecule has 0 spiro atoms. The molecule has 5 heterocycles. The molecule has 2 aromatic carbocycles. The zero-order valence-corrected chi connectivity index (χ0v) is 35.9. The third-order valence-corrected chi connectivity index (χ3v) is 13.1. The number of aliphatic hydroxyl groups excluding tert-OH is 1. The number of aliphatic imine (C=N–C) groups is 1. The molecule has 0 bridgehead atoms. The van der Waals surface area contributed by atoms with Crippen LogP contribution in [0, 0.1) is 33.1 Å². The predicted octanol–water partition coefficient (Wildman–Crippen LogP) is 6.35. The van der Waals surface area contributed by atoms with E-state index in [4.69, 9.17) is 9.73 Å². The Kier molecular flexibility index (Phi) is 11.4. The molecular formula is C43H50N8O5S2. The van der Waals surface area contributed by atoms with E-state index in [2.05, 4.69) is 44.2 Å². The van der Waals surface area contributed by atoms with E-state index in [1.807, 2.05) is 90.4 Å². The molecule has 0 radical (unpaired) electrons. The molecular weight excluding hydrogens is 773 g/mol. The first kappa shape index (κ1) is 40.9. The van der Waals surface area contributed by atoms with Gasteiger partial charge < -0.3 is 25.4 Å². The van der Waals surface area contributed by atoms with Crippen LogP contribution in [0.3, 0.4) is 0 Å². The number of aromatic nitrogens is 4. The Morgan fingerprint density at radius 2 is 1.67 bits per heavy atom. The van der Waals surface area contributed by atoms with Gasteiger partial charge in [-0.3, -0.25) is 23.9 Å². The van der Waals surface area contributed by atoms with E-state index in [0.717, 1.165) is 60.7 Å². The Balaban J connectivity index is 0.996. The number of benzene rings is 2. The Labute approximate surface area is 346 Å². The highest BCUT2D eigenvalue weighted by Crippen LogP contribution is 2.39. The number of thiazole rings is 1. The molecule has 5 aromatic rings. The summed E-state index contributed by atoms with van der Waals surface area (Å²) >= 11 is 3.28. The Hall–Kier alpha value is -5.25. The Morgan fingerprint density at radius 1 is 0.983 bits per heavy atom. The summed E-state index contributed by atoms with van der Waals surface area (Å²) in [5.74, 6) is 0.790. The highest BCUT2D eigenvalue weighted by atomic mass is 32.1. The van der Waals surface area contributed by atoms with Crippen molar-refractivity contribution in [1.82, 2.24) is 35.3 Å². The monoisotopic (exact) mass is 822 g/mol. The molecule has 5 atom stereocenters. The predicted molar refractivity (Wildman–Crippen MR) is 226 cm³/mol. The van der Waals surface area contributed by atoms with Crippen molar-refractivity contribution in [2.75, 3.05) is 13.2 Å². The summed E-state index contributed by atoms with van der Waals surface area (Å²) in [6.45, 7) is 17.2. The standard InChI is InChI=1S/C43H50N8O5S2/c1-22-26(5)58-42-35(22)36(45-25(4)39-49-48-27(6)51(39)42)29-14-16-32(17-15-29)56-20-34(53)47-38(43(7,8)9)41(55)50-19-31(52)18-33(50)40(54)46-23(2)28-10-12-30(13-11-28)37-24(3)44-21-57-37/h10-17,21,23,25,31,33,38,52H,18-20H2,1-9H3,(H,46,54)(H,47,53)/t23?,25-,31+,33-,38?/m0/s1. The van der Waals surface area contributed by atoms with Crippen LogP contribution in [0.5, 0.6) is 5.75 Å². The van der Waals surface area contributed by atoms with Crippen LogP contribution >= 0.6 is 22.7 Å². The third-order valence-electron chi connectivity index (χ3n) is 10.9. The van der Waals surface area contributed by atoms with Crippen LogP contribution in [0.15, 0.2) is 59.0 Å². The van der Waals surface area contributed by atoms with E-state index in [1.54, 1.807) is 34.8 Å². The number of nitrogens with one attached hydrogen (secondary N) is 2. The number of likely N-dealkylation sites (tertiary alicyclic amines) is 1. The van der Waals surface area contributed by atoms with E-state index in [0.29, 0.717) is 5.75 Å². The zero-order valence-electron chi connectivity index (χ0n) is 34.3. The van der Waals surface area contributed by atoms with Gasteiger partial charge in [-0.2, -0.15) is 0 Å². The third kappa shape index (κ3) is 8.07. The maximum atomic E-state index is 14.2. The lowest BCUT2D eigenvalue weighted by molar-refractivity contribution is -0.144. The van der Waals surface area contributed by atoms with Crippen molar-refractivity contribution in [3.8, 4) is 21.2 Å². The van der Waals surface area contributed by atoms with Crippen molar-refractivity contribution >= 4 is 46.1 Å². The lowest BCUT2D eigenvalue weighted by Crippen LogP contribution is -2.58. The van der Waals surface area contributed by atoms with Gasteiger partial charge in [-0.05, 0) is 87.9 Å². The van der Waals surface area contributed by atoms with Crippen molar-refractivity contribution in [2.45, 2.75) is 99.0 Å². The van der Waals surface area contributed by atoms with E-state index < -0.39 is 35.4 Å². The van der Waals surface area contributed by atoms with Gasteiger partial charge in [0.25, 0.3) is 5.91 Å². The fourth-order valence-corrected chi connectivity index (χ4v) is 9.58. The van der Waals surface area contributed by atoms with Gasteiger partial charge in [-0.1, -0.05) is 45.0 Å². The average molecular weight is 823 g/mol. The molecule has 58 heavy (non-hydrogen) atoms. The number of amides is 3. The van der Waals surface area contributed by atoms with E-state index in [-0.39, 0.29) is 37.6 Å². The van der Waals surface area contributed by atoms with E-state index in [9.17, 15) is 19.5 Å². The first-order chi connectivity index (χ1) is 27.5. The molecule has 2 unspecified atom stereocenters. The van der Waals surface area contributed by atoms with Gasteiger partial charge in [0.05, 0.1) is 33.9 Å². The van der Waals surface area contributed by atoms with Crippen LogP contribution < -0.4 is 15.4 Å². The van der Waals surface area contributed by atoms with Crippen molar-refractivity contribution in [3.63, 3.8) is 0 Å². The number of hydrogen-bond acceptors (Lipinski definition) is 11. The molecule has 13 nitrogen and oxygen atoms in total. The molecule has 304 valence electrons. The molecule has 1 fully saturated rings. The summed E-state index contributed by atoms with van der Waals surface area (Å²) < 4.78 is 8.02. The smallest absolute Gasteiger partial charge is 0.258 e. The number of fused-ring (bicyclic) bond motifs is 3. The minimum absolute atomic E-state index is 0.0190. The number of rotatable bonds is 10. The second-order valence-electron chi connectivity index (χ2n) is 16.3. The minimum atomic E-state index is -0.984. The zero-order chi connectivity index (χ0) is 41.6. The number of carbonyl (C=O) groups excluding carboxylic acids is 3. The van der Waals surface area contributed by atoms with Gasteiger partial charge in [0.1, 0.15) is 34.7 Å². The average Bonchev–Trinajstić information content (AvgIpc) is 3.95. The minimum Gasteiger partial charge on any atom is -0.484 e. The molecule has 1 saturated heterocycles. The van der Waals surface area contributed by atoms with Gasteiger partial charge in [0, 0.05) is 29.0 Å². The summed E-state index contributed by atoms with van der Waals surface area (Å²) in [4.78, 5) is 54.4. The number of carbonyl (C=O) groups is 3. The van der Waals surface area contributed by atoms with Crippen LogP contribution in [-0.4, -0.2) is 84.5 Å². The van der Waals surface area contributed by atoms with Crippen molar-refractivity contribution in [3.05, 3.63) is 98.5 Å². The van der Waals surface area contributed by atoms with Crippen molar-refractivity contribution in [1.29, 1.82) is 0 Å². The second-order valence-corrected chi connectivity index (χ2v) is 18.3. The van der Waals surface area contributed by atoms with E-state index >= 15 is 0 Å². The molecule has 7 rings (SSSR count). The van der Waals surface area contributed by atoms with Crippen LogP contribution in [0.4, 0.5) is 0 Å². The van der Waals surface area contributed by atoms with Crippen LogP contribution in [0.1, 0.15) is 97.6 Å². The number of ether oxygens (including phenoxy) is 1. The number of aryl methyl sites for hydroxylation is 3. The first-order valence-corrected chi connectivity index (χ1v) is 21.1. The topological polar surface area (TPSA) is 164 Å². The fourth-order valence-electron chi connectivity index (χ4n) is 7.56. The molecule has 15 heteroatoms. The summed E-state index contributed by atoms with van der Waals surface area (Å²) in [5, 5.41) is 26.4. The molecule has 3 aromatic heterocycles. The fraction of sp³-hybridized carbons (Fsp3) is 0.419. The Morgan fingerprint density at radius 3 is 2.33 bits per heavy atom. The summed E-state index contributed by atoms with van der Waals surface area (Å²) in [5.41, 5.74) is 7.99. The first-order valence-electron chi connectivity index (χ1n) is 19.4. The maximum Gasteiger partial charge on any atom is 0.258 e. The SMILES string of the molecule is Cc1ncsc1-c1ccc(C(C)NC(=O)[C@@H]2C[C@@H](O)CN2C(=O)C(NC(=O)COc2ccc(C3=N[C@@H](C)c4nnc(C)n4-c4sc(C)c(C)c43)cc2)C(C)(C)C)cc1. The summed E-state index contributed by atoms with van der Waals surface area (Å²) in [6, 6.07) is 13.0. The normalized spacial score (nSPS) is 18.8. The second kappa shape index (κ2) is 16.2. The van der Waals surface area contributed by atoms with Crippen LogP contribution in [-0.2, 0) is 14.4 Å². The van der Waals surface area contributed by atoms with Gasteiger partial charge in [0.2, 0.25) is 11.8 Å². The van der Waals surface area contributed by atoms with Gasteiger partial charge in [-0.15, -0.1) is 32.9 Å². The Bertz CT molecular complexity index is 2370. The number of aliphatic hydroxyl groups is 1. The molecule has 2 aliphatic rings. The molecule has 0 saturated carbocycles. The number of hydrogen-bond donors (Lipinski definition) is 3. The lowest BCUT2D eigenvalue weighted by atomic mass is 9.85. The van der Waals surface area contributed by atoms with Gasteiger partial charge >= 0.3 is 0 Å². The molecule has 0 aliphatic carbocycles. The number of nitrogens with zero attached hydrogens (tertiary/aromatic N) is 6. The molecule has 2 aliphatic heterocycles. The highest BCUT2D eigenvalue weighted by molar-refractivity contribution is 7.15.